The Morgan fingerprint density at radius 1 is 0.952 bits per heavy atom. The van der Waals surface area contributed by atoms with Crippen LogP contribution in [0.5, 0.6) is 0 Å². The molecule has 5 rings (SSSR count). The molecule has 0 saturated carbocycles. The molecule has 0 aliphatic carbocycles. The normalized spacial score (nSPS) is 18.8. The summed E-state index contributed by atoms with van der Waals surface area (Å²) < 4.78 is 12.5. The summed E-state index contributed by atoms with van der Waals surface area (Å²) >= 11 is 0. The molecule has 2 heterocycles. The first kappa shape index (κ1) is 30.1. The Morgan fingerprint density at radius 2 is 1.60 bits per heavy atom. The van der Waals surface area contributed by atoms with Crippen molar-refractivity contribution in [2.45, 2.75) is 90.5 Å². The number of carboxylic acid groups (broad SMARTS) is 1. The van der Waals surface area contributed by atoms with Crippen LogP contribution in [-0.2, 0) is 15.9 Å². The van der Waals surface area contributed by atoms with Crippen molar-refractivity contribution in [1.82, 2.24) is 9.80 Å². The first-order valence-electron chi connectivity index (χ1n) is 14.9. The van der Waals surface area contributed by atoms with Gasteiger partial charge < -0.3 is 19.3 Å². The molecule has 0 unspecified atom stereocenters. The smallest absolute Gasteiger partial charge is 0.465 e. The number of benzene rings is 3. The highest BCUT2D eigenvalue weighted by molar-refractivity contribution is 6.62. The van der Waals surface area contributed by atoms with Gasteiger partial charge in [0.25, 0.3) is 5.91 Å². The van der Waals surface area contributed by atoms with Crippen LogP contribution in [0.3, 0.4) is 0 Å². The molecule has 2 fully saturated rings. The molecule has 0 spiro atoms. The van der Waals surface area contributed by atoms with Gasteiger partial charge in [-0.15, -0.1) is 0 Å². The van der Waals surface area contributed by atoms with Crippen molar-refractivity contribution in [3.63, 3.8) is 0 Å². The third-order valence-corrected chi connectivity index (χ3v) is 9.25. The molecule has 8 heteroatoms. The predicted octanol–water partition coefficient (Wildman–Crippen LogP) is 6.44. The Balaban J connectivity index is 1.27. The molecular formula is C34H43BN2O5. The van der Waals surface area contributed by atoms with E-state index in [9.17, 15) is 14.7 Å². The highest BCUT2D eigenvalue weighted by Gasteiger charge is 2.51. The maximum atomic E-state index is 13.7. The molecule has 2 amide bonds. The van der Waals surface area contributed by atoms with Gasteiger partial charge in [-0.25, -0.2) is 4.79 Å². The van der Waals surface area contributed by atoms with E-state index >= 15 is 0 Å². The number of carbonyl (C=O) groups excluding carboxylic acids is 1. The van der Waals surface area contributed by atoms with E-state index in [1.54, 1.807) is 0 Å². The molecule has 0 aromatic heterocycles. The standard InChI is InChI=1S/C34H43BN2O5/c1-32(2,3)37(31(39)40)22-23-10-8-11-25(20-23)24-16-18-36(19-17-24)30(38)29-13-9-12-26-21-27(14-15-28(26)29)35-41-33(4,5)34(6,7)42-35/h8-15,20-21,24H,16-19,22H2,1-7H3,(H,39,40). The van der Waals surface area contributed by atoms with Crippen LogP contribution in [0.4, 0.5) is 4.79 Å². The van der Waals surface area contributed by atoms with Crippen LogP contribution in [-0.4, -0.2) is 63.9 Å². The van der Waals surface area contributed by atoms with Crippen LogP contribution < -0.4 is 5.46 Å². The monoisotopic (exact) mass is 570 g/mol. The Morgan fingerprint density at radius 3 is 2.21 bits per heavy atom. The fourth-order valence-electron chi connectivity index (χ4n) is 5.92. The van der Waals surface area contributed by atoms with Crippen molar-refractivity contribution in [3.8, 4) is 0 Å². The SMILES string of the molecule is CC(C)(C)N(Cc1cccc(C2CCN(C(=O)c3cccc4cc(B5OC(C)(C)C(C)(C)O5)ccc34)CC2)c1)C(=O)O. The van der Waals surface area contributed by atoms with Gasteiger partial charge in [0.2, 0.25) is 0 Å². The van der Waals surface area contributed by atoms with E-state index < -0.39 is 30.0 Å². The van der Waals surface area contributed by atoms with Gasteiger partial charge in [-0.3, -0.25) is 9.69 Å². The largest absolute Gasteiger partial charge is 0.494 e. The lowest BCUT2D eigenvalue weighted by atomic mass is 9.78. The number of rotatable bonds is 5. The van der Waals surface area contributed by atoms with Gasteiger partial charge in [-0.05, 0) is 101 Å². The summed E-state index contributed by atoms with van der Waals surface area (Å²) in [5, 5.41) is 11.6. The second-order valence-corrected chi connectivity index (χ2v) is 13.7. The average molecular weight is 571 g/mol. The minimum Gasteiger partial charge on any atom is -0.465 e. The van der Waals surface area contributed by atoms with Gasteiger partial charge in [0.1, 0.15) is 0 Å². The quantitative estimate of drug-likeness (QED) is 0.358. The summed E-state index contributed by atoms with van der Waals surface area (Å²) in [6, 6.07) is 20.2. The molecule has 2 saturated heterocycles. The van der Waals surface area contributed by atoms with Gasteiger partial charge in [-0.1, -0.05) is 54.6 Å². The lowest BCUT2D eigenvalue weighted by Crippen LogP contribution is -2.44. The van der Waals surface area contributed by atoms with Gasteiger partial charge in [0.15, 0.2) is 0 Å². The number of amides is 2. The number of hydrogen-bond acceptors (Lipinski definition) is 4. The molecule has 2 aliphatic rings. The fourth-order valence-corrected chi connectivity index (χ4v) is 5.92. The number of likely N-dealkylation sites (tertiary alicyclic amines) is 1. The van der Waals surface area contributed by atoms with Gasteiger partial charge >= 0.3 is 13.2 Å². The molecule has 0 radical (unpaired) electrons. The van der Waals surface area contributed by atoms with Crippen molar-refractivity contribution in [2.24, 2.45) is 0 Å². The highest BCUT2D eigenvalue weighted by atomic mass is 16.7. The topological polar surface area (TPSA) is 79.3 Å². The van der Waals surface area contributed by atoms with Gasteiger partial charge in [-0.2, -0.15) is 0 Å². The summed E-state index contributed by atoms with van der Waals surface area (Å²) in [5.74, 6) is 0.385. The van der Waals surface area contributed by atoms with E-state index in [4.69, 9.17) is 9.31 Å². The van der Waals surface area contributed by atoms with Crippen molar-refractivity contribution in [2.75, 3.05) is 13.1 Å². The molecule has 0 bridgehead atoms. The van der Waals surface area contributed by atoms with E-state index in [1.807, 2.05) is 95.8 Å². The van der Waals surface area contributed by atoms with Gasteiger partial charge in [0.05, 0.1) is 11.2 Å². The third-order valence-electron chi connectivity index (χ3n) is 9.25. The van der Waals surface area contributed by atoms with Crippen molar-refractivity contribution >= 4 is 35.4 Å². The minimum atomic E-state index is -0.919. The maximum absolute atomic E-state index is 13.7. The molecule has 7 nitrogen and oxygen atoms in total. The van der Waals surface area contributed by atoms with Crippen molar-refractivity contribution in [1.29, 1.82) is 0 Å². The van der Waals surface area contributed by atoms with E-state index in [0.29, 0.717) is 31.1 Å². The first-order chi connectivity index (χ1) is 19.7. The Bertz CT molecular complexity index is 1470. The molecule has 42 heavy (non-hydrogen) atoms. The van der Waals surface area contributed by atoms with Gasteiger partial charge in [0, 0.05) is 30.7 Å². The van der Waals surface area contributed by atoms with Crippen LogP contribution in [0.15, 0.2) is 60.7 Å². The summed E-state index contributed by atoms with van der Waals surface area (Å²) in [7, 11) is -0.447. The minimum absolute atomic E-state index is 0.0541. The second-order valence-electron chi connectivity index (χ2n) is 13.7. The molecule has 3 aromatic rings. The highest BCUT2D eigenvalue weighted by Crippen LogP contribution is 2.37. The summed E-state index contributed by atoms with van der Waals surface area (Å²) in [5.41, 5.74) is 2.54. The molecule has 0 atom stereocenters. The molecule has 1 N–H and O–H groups in total. The number of nitrogens with zero attached hydrogens (tertiary/aromatic N) is 2. The lowest BCUT2D eigenvalue weighted by molar-refractivity contribution is 0.00578. The van der Waals surface area contributed by atoms with Crippen LogP contribution in [0.25, 0.3) is 10.8 Å². The summed E-state index contributed by atoms with van der Waals surface area (Å²) in [6.45, 7) is 15.6. The number of fused-ring (bicyclic) bond motifs is 1. The van der Waals surface area contributed by atoms with Crippen LogP contribution in [0, 0.1) is 0 Å². The molecule has 2 aliphatic heterocycles. The van der Waals surface area contributed by atoms with E-state index in [2.05, 4.69) is 18.2 Å². The van der Waals surface area contributed by atoms with Crippen LogP contribution in [0.1, 0.15) is 88.7 Å². The maximum Gasteiger partial charge on any atom is 0.494 e. The summed E-state index contributed by atoms with van der Waals surface area (Å²) in [4.78, 5) is 29.0. The molecular weight excluding hydrogens is 527 g/mol. The van der Waals surface area contributed by atoms with Crippen molar-refractivity contribution < 1.29 is 24.0 Å². The van der Waals surface area contributed by atoms with E-state index in [1.165, 1.54) is 10.5 Å². The zero-order valence-corrected chi connectivity index (χ0v) is 25.9. The van der Waals surface area contributed by atoms with Crippen LogP contribution >= 0.6 is 0 Å². The lowest BCUT2D eigenvalue weighted by Gasteiger charge is -2.34. The Labute approximate surface area is 249 Å². The van der Waals surface area contributed by atoms with Crippen molar-refractivity contribution in [3.05, 3.63) is 77.4 Å². The third kappa shape index (κ3) is 5.93. The van der Waals surface area contributed by atoms with E-state index in [0.717, 1.165) is 34.6 Å². The number of hydrogen-bond donors (Lipinski definition) is 1. The number of piperidine rings is 1. The second kappa shape index (κ2) is 11.0. The number of carbonyl (C=O) groups is 2. The Hall–Kier alpha value is -3.36. The molecule has 222 valence electrons. The first-order valence-corrected chi connectivity index (χ1v) is 14.9. The summed E-state index contributed by atoms with van der Waals surface area (Å²) in [6.07, 6.45) is 0.819. The average Bonchev–Trinajstić information content (AvgIpc) is 3.16. The van der Waals surface area contributed by atoms with Crippen LogP contribution in [0.2, 0.25) is 0 Å². The van der Waals surface area contributed by atoms with E-state index in [-0.39, 0.29) is 5.91 Å². The zero-order chi connectivity index (χ0) is 30.4. The fraction of sp³-hybridized carbons (Fsp3) is 0.471. The Kier molecular flexibility index (Phi) is 7.92. The molecule has 3 aromatic carbocycles. The predicted molar refractivity (Wildman–Crippen MR) is 167 cm³/mol. The zero-order valence-electron chi connectivity index (χ0n) is 25.9.